The fourth-order valence-electron chi connectivity index (χ4n) is 3.51. The Kier molecular flexibility index (Phi) is 3.74. The van der Waals surface area contributed by atoms with Crippen LogP contribution in [0.5, 0.6) is 0 Å². The van der Waals surface area contributed by atoms with Gasteiger partial charge in [-0.1, -0.05) is 12.1 Å². The van der Waals surface area contributed by atoms with Crippen molar-refractivity contribution in [3.63, 3.8) is 0 Å². The fraction of sp³-hybridized carbons (Fsp3) is 0.588. The third-order valence-electron chi connectivity index (χ3n) is 4.91. The summed E-state index contributed by atoms with van der Waals surface area (Å²) in [5, 5.41) is 3.59. The number of amides is 1. The van der Waals surface area contributed by atoms with Crippen LogP contribution < -0.4 is 5.32 Å². The molecule has 114 valence electrons. The van der Waals surface area contributed by atoms with E-state index < -0.39 is 5.41 Å². The zero-order chi connectivity index (χ0) is 15.0. The number of carbonyl (C=O) groups is 1. The number of rotatable bonds is 2. The van der Waals surface area contributed by atoms with Crippen molar-refractivity contribution in [2.45, 2.75) is 50.6 Å². The van der Waals surface area contributed by atoms with Crippen molar-refractivity contribution < 1.29 is 9.18 Å². The highest BCUT2D eigenvalue weighted by Crippen LogP contribution is 2.28. The second-order valence-corrected chi connectivity index (χ2v) is 6.81. The Hall–Kier alpha value is -1.42. The van der Waals surface area contributed by atoms with Crippen LogP contribution in [0, 0.1) is 5.82 Å². The zero-order valence-corrected chi connectivity index (χ0v) is 12.7. The molecule has 1 N–H and O–H groups in total. The summed E-state index contributed by atoms with van der Waals surface area (Å²) in [7, 11) is 0. The molecule has 2 fully saturated rings. The van der Waals surface area contributed by atoms with Gasteiger partial charge in [-0.25, -0.2) is 4.39 Å². The van der Waals surface area contributed by atoms with Crippen LogP contribution in [0.1, 0.15) is 38.7 Å². The maximum atomic E-state index is 13.1. The molecule has 0 spiro atoms. The van der Waals surface area contributed by atoms with Crippen molar-refractivity contribution in [3.8, 4) is 0 Å². The molecule has 21 heavy (non-hydrogen) atoms. The Morgan fingerprint density at radius 2 is 1.86 bits per heavy atom. The molecule has 3 nitrogen and oxygen atoms in total. The number of hydrogen-bond donors (Lipinski definition) is 1. The van der Waals surface area contributed by atoms with Gasteiger partial charge in [-0.05, 0) is 50.8 Å². The lowest BCUT2D eigenvalue weighted by Crippen LogP contribution is -2.47. The smallest absolute Gasteiger partial charge is 0.232 e. The van der Waals surface area contributed by atoms with Crippen LogP contribution in [0.2, 0.25) is 0 Å². The SMILES string of the molecule is CC(C)(C(=O)N1CCC2CCC(C1)N2)c1ccc(F)cc1. The Bertz CT molecular complexity index is 526. The molecule has 2 aliphatic heterocycles. The van der Waals surface area contributed by atoms with Gasteiger partial charge in [-0.2, -0.15) is 0 Å². The molecule has 1 aromatic rings. The van der Waals surface area contributed by atoms with E-state index in [1.54, 1.807) is 12.1 Å². The predicted octanol–water partition coefficient (Wildman–Crippen LogP) is 2.46. The van der Waals surface area contributed by atoms with E-state index in [4.69, 9.17) is 0 Å². The maximum Gasteiger partial charge on any atom is 0.232 e. The molecule has 0 saturated carbocycles. The summed E-state index contributed by atoms with van der Waals surface area (Å²) >= 11 is 0. The molecule has 3 rings (SSSR count). The average molecular weight is 290 g/mol. The molecule has 2 heterocycles. The third kappa shape index (κ3) is 2.82. The van der Waals surface area contributed by atoms with E-state index >= 15 is 0 Å². The van der Waals surface area contributed by atoms with Gasteiger partial charge in [0.15, 0.2) is 0 Å². The summed E-state index contributed by atoms with van der Waals surface area (Å²) < 4.78 is 13.1. The Balaban J connectivity index is 1.78. The number of halogens is 1. The molecule has 1 aromatic carbocycles. The van der Waals surface area contributed by atoms with Crippen molar-refractivity contribution in [2.24, 2.45) is 0 Å². The monoisotopic (exact) mass is 290 g/mol. The van der Waals surface area contributed by atoms with Crippen LogP contribution in [0.25, 0.3) is 0 Å². The molecule has 0 radical (unpaired) electrons. The number of carbonyl (C=O) groups excluding carboxylic acids is 1. The number of likely N-dealkylation sites (tertiary alicyclic amines) is 1. The number of fused-ring (bicyclic) bond motifs is 2. The van der Waals surface area contributed by atoms with Crippen LogP contribution in [0.3, 0.4) is 0 Å². The Morgan fingerprint density at radius 1 is 1.19 bits per heavy atom. The van der Waals surface area contributed by atoms with Crippen LogP contribution in [0.15, 0.2) is 24.3 Å². The molecule has 2 unspecified atom stereocenters. The number of nitrogens with one attached hydrogen (secondary N) is 1. The Morgan fingerprint density at radius 3 is 2.57 bits per heavy atom. The zero-order valence-electron chi connectivity index (χ0n) is 12.7. The van der Waals surface area contributed by atoms with Crippen molar-refractivity contribution >= 4 is 5.91 Å². The lowest BCUT2D eigenvalue weighted by atomic mass is 9.83. The second-order valence-electron chi connectivity index (χ2n) is 6.81. The van der Waals surface area contributed by atoms with Crippen LogP contribution in [-0.2, 0) is 10.2 Å². The number of hydrogen-bond acceptors (Lipinski definition) is 2. The summed E-state index contributed by atoms with van der Waals surface area (Å²) in [4.78, 5) is 14.9. The van der Waals surface area contributed by atoms with Gasteiger partial charge in [0.1, 0.15) is 5.82 Å². The molecule has 2 atom stereocenters. The molecule has 1 amide bonds. The molecular weight excluding hydrogens is 267 g/mol. The summed E-state index contributed by atoms with van der Waals surface area (Å²) in [5.41, 5.74) is 0.258. The average Bonchev–Trinajstić information content (AvgIpc) is 2.78. The summed E-state index contributed by atoms with van der Waals surface area (Å²) in [5.74, 6) is -0.123. The van der Waals surface area contributed by atoms with Crippen LogP contribution in [0.4, 0.5) is 4.39 Å². The largest absolute Gasteiger partial charge is 0.340 e. The minimum Gasteiger partial charge on any atom is -0.340 e. The van der Waals surface area contributed by atoms with E-state index in [-0.39, 0.29) is 11.7 Å². The van der Waals surface area contributed by atoms with Crippen molar-refractivity contribution in [1.29, 1.82) is 0 Å². The van der Waals surface area contributed by atoms with Gasteiger partial charge in [0.2, 0.25) is 5.91 Å². The standard InChI is InChI=1S/C17H23FN2O/c1-17(2,12-3-5-13(18)6-4-12)16(21)20-10-9-14-7-8-15(11-20)19-14/h3-6,14-15,19H,7-11H2,1-2H3. The lowest BCUT2D eigenvalue weighted by Gasteiger charge is -2.33. The van der Waals surface area contributed by atoms with E-state index in [0.717, 1.165) is 31.5 Å². The minimum absolute atomic E-state index is 0.142. The lowest BCUT2D eigenvalue weighted by molar-refractivity contribution is -0.136. The fourth-order valence-corrected chi connectivity index (χ4v) is 3.51. The predicted molar refractivity (Wildman–Crippen MR) is 80.6 cm³/mol. The van der Waals surface area contributed by atoms with E-state index in [1.165, 1.54) is 18.6 Å². The van der Waals surface area contributed by atoms with Crippen molar-refractivity contribution in [2.75, 3.05) is 13.1 Å². The van der Waals surface area contributed by atoms with Gasteiger partial charge in [0.05, 0.1) is 5.41 Å². The topological polar surface area (TPSA) is 32.3 Å². The van der Waals surface area contributed by atoms with E-state index in [1.807, 2.05) is 18.7 Å². The summed E-state index contributed by atoms with van der Waals surface area (Å²) in [6.07, 6.45) is 3.42. The van der Waals surface area contributed by atoms with Gasteiger partial charge in [-0.15, -0.1) is 0 Å². The molecule has 0 aromatic heterocycles. The van der Waals surface area contributed by atoms with Gasteiger partial charge >= 0.3 is 0 Å². The highest BCUT2D eigenvalue weighted by Gasteiger charge is 2.37. The van der Waals surface area contributed by atoms with Gasteiger partial charge in [-0.3, -0.25) is 4.79 Å². The van der Waals surface area contributed by atoms with E-state index in [9.17, 15) is 9.18 Å². The normalized spacial score (nSPS) is 25.8. The van der Waals surface area contributed by atoms with Gasteiger partial charge in [0.25, 0.3) is 0 Å². The molecule has 4 heteroatoms. The first-order valence-corrected chi connectivity index (χ1v) is 7.78. The second kappa shape index (κ2) is 5.41. The van der Waals surface area contributed by atoms with Gasteiger partial charge < -0.3 is 10.2 Å². The highest BCUT2D eigenvalue weighted by atomic mass is 19.1. The summed E-state index contributed by atoms with van der Waals surface area (Å²) in [6.45, 7) is 5.47. The number of nitrogens with zero attached hydrogens (tertiary/aromatic N) is 1. The van der Waals surface area contributed by atoms with E-state index in [2.05, 4.69) is 5.32 Å². The van der Waals surface area contributed by atoms with Gasteiger partial charge in [0, 0.05) is 25.2 Å². The first-order valence-electron chi connectivity index (χ1n) is 7.78. The summed E-state index contributed by atoms with van der Waals surface area (Å²) in [6, 6.07) is 7.30. The van der Waals surface area contributed by atoms with Crippen LogP contribution >= 0.6 is 0 Å². The molecule has 2 bridgehead atoms. The van der Waals surface area contributed by atoms with Crippen molar-refractivity contribution in [1.82, 2.24) is 10.2 Å². The highest BCUT2D eigenvalue weighted by molar-refractivity contribution is 5.87. The maximum absolute atomic E-state index is 13.1. The minimum atomic E-state index is -0.614. The van der Waals surface area contributed by atoms with Crippen molar-refractivity contribution in [3.05, 3.63) is 35.6 Å². The van der Waals surface area contributed by atoms with Crippen LogP contribution in [-0.4, -0.2) is 36.0 Å². The molecule has 2 saturated heterocycles. The first kappa shape index (κ1) is 14.5. The Labute approximate surface area is 125 Å². The molecular formula is C17H23FN2O. The molecule has 2 aliphatic rings. The first-order chi connectivity index (χ1) is 9.96. The number of benzene rings is 1. The molecule has 0 aliphatic carbocycles. The quantitative estimate of drug-likeness (QED) is 0.907. The van der Waals surface area contributed by atoms with E-state index in [0.29, 0.717) is 12.1 Å². The third-order valence-corrected chi connectivity index (χ3v) is 4.91.